The van der Waals surface area contributed by atoms with Crippen LogP contribution in [-0.2, 0) is 0 Å². The zero-order valence-corrected chi connectivity index (χ0v) is 15.5. The van der Waals surface area contributed by atoms with Gasteiger partial charge < -0.3 is 10.2 Å². The fourth-order valence-electron chi connectivity index (χ4n) is 4.22. The molecule has 0 aliphatic carbocycles. The zero-order valence-electron chi connectivity index (χ0n) is 15.5. The third-order valence-corrected chi connectivity index (χ3v) is 5.66. The molecule has 0 aromatic carbocycles. The molecule has 0 bridgehead atoms. The standard InChI is InChI=1S/C19H22F3N5O/c1-12-10-17-24-15(11-16(19(20,21)22)27(17)25-12)13-4-8-26(9-5-13)18(28)14-2-6-23-7-3-14/h2-3,6-7,10,13,15-16,24H,4-5,8-9,11H2,1H3/t15-,16+/m0/s1. The van der Waals surface area contributed by atoms with Crippen LogP contribution in [0.15, 0.2) is 30.6 Å². The number of nitrogens with zero attached hydrogens (tertiary/aromatic N) is 4. The fourth-order valence-corrected chi connectivity index (χ4v) is 4.22. The summed E-state index contributed by atoms with van der Waals surface area (Å²) < 4.78 is 41.8. The number of hydrogen-bond donors (Lipinski definition) is 1. The van der Waals surface area contributed by atoms with E-state index < -0.39 is 12.2 Å². The molecule has 0 saturated carbocycles. The minimum atomic E-state index is -4.34. The van der Waals surface area contributed by atoms with Crippen LogP contribution in [0, 0.1) is 12.8 Å². The Kier molecular flexibility index (Phi) is 4.76. The predicted octanol–water partition coefficient (Wildman–Crippen LogP) is 3.43. The van der Waals surface area contributed by atoms with Crippen molar-refractivity contribution in [3.05, 3.63) is 41.9 Å². The quantitative estimate of drug-likeness (QED) is 0.849. The molecule has 2 aromatic heterocycles. The third-order valence-electron chi connectivity index (χ3n) is 5.66. The molecule has 2 aromatic rings. The molecule has 1 amide bonds. The number of piperidine rings is 1. The van der Waals surface area contributed by atoms with Crippen LogP contribution < -0.4 is 5.32 Å². The summed E-state index contributed by atoms with van der Waals surface area (Å²) in [4.78, 5) is 18.2. The van der Waals surface area contributed by atoms with Crippen LogP contribution in [0.3, 0.4) is 0 Å². The molecule has 0 spiro atoms. The van der Waals surface area contributed by atoms with Gasteiger partial charge in [0.1, 0.15) is 5.82 Å². The summed E-state index contributed by atoms with van der Waals surface area (Å²) in [7, 11) is 0. The van der Waals surface area contributed by atoms with Crippen molar-refractivity contribution in [1.29, 1.82) is 0 Å². The highest BCUT2D eigenvalue weighted by atomic mass is 19.4. The van der Waals surface area contributed by atoms with Gasteiger partial charge in [-0.3, -0.25) is 9.78 Å². The number of rotatable bonds is 2. The Morgan fingerprint density at radius 3 is 2.54 bits per heavy atom. The summed E-state index contributed by atoms with van der Waals surface area (Å²) in [6.45, 7) is 2.77. The number of carbonyl (C=O) groups excluding carboxylic acids is 1. The molecule has 28 heavy (non-hydrogen) atoms. The first kappa shape index (κ1) is 18.8. The Morgan fingerprint density at radius 2 is 1.89 bits per heavy atom. The largest absolute Gasteiger partial charge is 0.410 e. The van der Waals surface area contributed by atoms with Gasteiger partial charge in [0, 0.05) is 43.2 Å². The van der Waals surface area contributed by atoms with Crippen LogP contribution in [0.1, 0.15) is 41.4 Å². The Bertz CT molecular complexity index is 843. The lowest BCUT2D eigenvalue weighted by atomic mass is 9.84. The number of aryl methyl sites for hydroxylation is 1. The average molecular weight is 393 g/mol. The van der Waals surface area contributed by atoms with Gasteiger partial charge >= 0.3 is 6.18 Å². The number of halogens is 3. The normalized spacial score (nSPS) is 23.2. The number of likely N-dealkylation sites (tertiary alicyclic amines) is 1. The van der Waals surface area contributed by atoms with Gasteiger partial charge in [-0.15, -0.1) is 0 Å². The summed E-state index contributed by atoms with van der Waals surface area (Å²) >= 11 is 0. The second kappa shape index (κ2) is 7.10. The Morgan fingerprint density at radius 1 is 1.21 bits per heavy atom. The fraction of sp³-hybridized carbons (Fsp3) is 0.526. The van der Waals surface area contributed by atoms with Crippen molar-refractivity contribution in [2.24, 2.45) is 5.92 Å². The van der Waals surface area contributed by atoms with Crippen molar-refractivity contribution in [2.75, 3.05) is 18.4 Å². The first-order chi connectivity index (χ1) is 13.3. The highest BCUT2D eigenvalue weighted by Gasteiger charge is 2.47. The predicted molar refractivity (Wildman–Crippen MR) is 96.9 cm³/mol. The summed E-state index contributed by atoms with van der Waals surface area (Å²) in [5.41, 5.74) is 1.15. The van der Waals surface area contributed by atoms with Gasteiger partial charge in [0.25, 0.3) is 5.91 Å². The van der Waals surface area contributed by atoms with Crippen molar-refractivity contribution < 1.29 is 18.0 Å². The molecule has 4 heterocycles. The van der Waals surface area contributed by atoms with E-state index in [9.17, 15) is 18.0 Å². The summed E-state index contributed by atoms with van der Waals surface area (Å²) in [5, 5.41) is 7.28. The number of pyridine rings is 1. The van der Waals surface area contributed by atoms with E-state index in [-0.39, 0.29) is 24.3 Å². The lowest BCUT2D eigenvalue weighted by Crippen LogP contribution is -2.47. The lowest BCUT2D eigenvalue weighted by Gasteiger charge is -2.41. The van der Waals surface area contributed by atoms with E-state index in [0.29, 0.717) is 43.0 Å². The molecule has 0 unspecified atom stereocenters. The molecule has 2 atom stereocenters. The molecule has 9 heteroatoms. The number of anilines is 1. The highest BCUT2D eigenvalue weighted by Crippen LogP contribution is 2.42. The van der Waals surface area contributed by atoms with E-state index in [4.69, 9.17) is 0 Å². The monoisotopic (exact) mass is 393 g/mol. The topological polar surface area (TPSA) is 63.1 Å². The summed E-state index contributed by atoms with van der Waals surface area (Å²) in [5.74, 6) is 0.445. The molecular weight excluding hydrogens is 371 g/mol. The van der Waals surface area contributed by atoms with Gasteiger partial charge in [0.2, 0.25) is 0 Å². The lowest BCUT2D eigenvalue weighted by molar-refractivity contribution is -0.174. The van der Waals surface area contributed by atoms with Crippen LogP contribution in [0.2, 0.25) is 0 Å². The number of aromatic nitrogens is 3. The SMILES string of the molecule is Cc1cc2n(n1)[C@@H](C(F)(F)F)C[C@@H](C1CCN(C(=O)c3ccncc3)CC1)N2. The van der Waals surface area contributed by atoms with Crippen LogP contribution >= 0.6 is 0 Å². The van der Waals surface area contributed by atoms with Crippen molar-refractivity contribution in [1.82, 2.24) is 19.7 Å². The van der Waals surface area contributed by atoms with Gasteiger partial charge in [0.05, 0.1) is 5.69 Å². The van der Waals surface area contributed by atoms with Crippen LogP contribution in [-0.4, -0.2) is 50.9 Å². The molecule has 1 fully saturated rings. The van der Waals surface area contributed by atoms with Crippen LogP contribution in [0.4, 0.5) is 19.0 Å². The van der Waals surface area contributed by atoms with Crippen molar-refractivity contribution in [2.45, 2.75) is 44.4 Å². The molecular formula is C19H22F3N5O. The van der Waals surface area contributed by atoms with E-state index in [1.807, 2.05) is 0 Å². The van der Waals surface area contributed by atoms with Gasteiger partial charge in [-0.25, -0.2) is 4.68 Å². The first-order valence-corrected chi connectivity index (χ1v) is 9.41. The van der Waals surface area contributed by atoms with E-state index >= 15 is 0 Å². The maximum absolute atomic E-state index is 13.6. The summed E-state index contributed by atoms with van der Waals surface area (Å²) in [6.07, 6.45) is 0.118. The van der Waals surface area contributed by atoms with Gasteiger partial charge in [-0.1, -0.05) is 0 Å². The van der Waals surface area contributed by atoms with Crippen LogP contribution in [0.5, 0.6) is 0 Å². The first-order valence-electron chi connectivity index (χ1n) is 9.41. The molecule has 4 rings (SSSR count). The van der Waals surface area contributed by atoms with Gasteiger partial charge in [-0.05, 0) is 44.2 Å². The molecule has 1 saturated heterocycles. The maximum Gasteiger partial charge on any atom is 0.410 e. The van der Waals surface area contributed by atoms with Gasteiger partial charge in [0.15, 0.2) is 6.04 Å². The molecule has 2 aliphatic heterocycles. The second-order valence-electron chi connectivity index (χ2n) is 7.52. The maximum atomic E-state index is 13.6. The van der Waals surface area contributed by atoms with Crippen molar-refractivity contribution in [3.63, 3.8) is 0 Å². The Labute approximate surface area is 160 Å². The van der Waals surface area contributed by atoms with Crippen molar-refractivity contribution >= 4 is 11.7 Å². The molecule has 1 N–H and O–H groups in total. The zero-order chi connectivity index (χ0) is 19.9. The second-order valence-corrected chi connectivity index (χ2v) is 7.52. The highest BCUT2D eigenvalue weighted by molar-refractivity contribution is 5.94. The average Bonchev–Trinajstić information content (AvgIpc) is 3.06. The molecule has 2 aliphatic rings. The van der Waals surface area contributed by atoms with Crippen molar-refractivity contribution in [3.8, 4) is 0 Å². The van der Waals surface area contributed by atoms with E-state index in [1.54, 1.807) is 42.4 Å². The number of carbonyl (C=O) groups is 1. The molecule has 0 radical (unpaired) electrons. The van der Waals surface area contributed by atoms with Gasteiger partial charge in [-0.2, -0.15) is 18.3 Å². The van der Waals surface area contributed by atoms with E-state index in [0.717, 1.165) is 4.68 Å². The minimum Gasteiger partial charge on any atom is -0.367 e. The molecule has 150 valence electrons. The number of amides is 1. The number of nitrogens with one attached hydrogen (secondary N) is 1. The Hall–Kier alpha value is -2.58. The molecule has 6 nitrogen and oxygen atoms in total. The van der Waals surface area contributed by atoms with Crippen LogP contribution in [0.25, 0.3) is 0 Å². The number of hydrogen-bond acceptors (Lipinski definition) is 4. The van der Waals surface area contributed by atoms with E-state index in [2.05, 4.69) is 15.4 Å². The Balaban J connectivity index is 1.44. The number of alkyl halides is 3. The smallest absolute Gasteiger partial charge is 0.367 e. The minimum absolute atomic E-state index is 0.0411. The van der Waals surface area contributed by atoms with E-state index in [1.165, 1.54) is 0 Å². The summed E-state index contributed by atoms with van der Waals surface area (Å²) in [6, 6.07) is 3.11. The third kappa shape index (κ3) is 3.57. The number of fused-ring (bicyclic) bond motifs is 1.